The number of ether oxygens (including phenoxy) is 3. The molecule has 0 amide bonds. The van der Waals surface area contributed by atoms with E-state index in [-0.39, 0.29) is 17.1 Å². The Balaban J connectivity index is 2.13. The van der Waals surface area contributed by atoms with E-state index in [1.54, 1.807) is 36.4 Å². The molecule has 0 atom stereocenters. The Morgan fingerprint density at radius 3 is 1.75 bits per heavy atom. The van der Waals surface area contributed by atoms with E-state index in [1.807, 2.05) is 0 Å². The number of hydrogen-bond donors (Lipinski definition) is 0. The Morgan fingerprint density at radius 2 is 1.25 bits per heavy atom. The van der Waals surface area contributed by atoms with Gasteiger partial charge in [-0.1, -0.05) is 24.3 Å². The zero-order chi connectivity index (χ0) is 17.3. The third-order valence-corrected chi connectivity index (χ3v) is 3.94. The van der Waals surface area contributed by atoms with Crippen molar-refractivity contribution < 1.29 is 23.8 Å². The van der Waals surface area contributed by atoms with Gasteiger partial charge < -0.3 is 14.2 Å². The number of rotatable bonds is 4. The number of methoxy groups -OCH3 is 3. The van der Waals surface area contributed by atoms with Gasteiger partial charge in [-0.2, -0.15) is 0 Å². The van der Waals surface area contributed by atoms with E-state index in [0.717, 1.165) is 0 Å². The second-order valence-electron chi connectivity index (χ2n) is 5.21. The highest BCUT2D eigenvalue weighted by Crippen LogP contribution is 2.37. The van der Waals surface area contributed by atoms with Gasteiger partial charge in [0.2, 0.25) is 0 Å². The Bertz CT molecular complexity index is 827. The summed E-state index contributed by atoms with van der Waals surface area (Å²) in [5, 5.41) is 0. The molecule has 1 aliphatic rings. The molecule has 2 aromatic carbocycles. The van der Waals surface area contributed by atoms with E-state index < -0.39 is 0 Å². The lowest BCUT2D eigenvalue weighted by atomic mass is 10.1. The average molecular weight is 324 g/mol. The highest BCUT2D eigenvalue weighted by Gasteiger charge is 2.32. The number of carbonyl (C=O) groups is 2. The first-order chi connectivity index (χ1) is 11.6. The maximum absolute atomic E-state index is 12.5. The summed E-state index contributed by atoms with van der Waals surface area (Å²) in [6.45, 7) is 0. The zero-order valence-corrected chi connectivity index (χ0v) is 13.6. The van der Waals surface area contributed by atoms with Crippen LogP contribution in [0.4, 0.5) is 0 Å². The van der Waals surface area contributed by atoms with E-state index in [9.17, 15) is 9.59 Å². The van der Waals surface area contributed by atoms with E-state index in [4.69, 9.17) is 14.2 Å². The summed E-state index contributed by atoms with van der Waals surface area (Å²) in [6, 6.07) is 10.1. The average Bonchev–Trinajstić information content (AvgIpc) is 2.86. The third-order valence-electron chi connectivity index (χ3n) is 3.94. The minimum atomic E-state index is -0.285. The fraction of sp³-hybridized carbons (Fsp3) is 0.158. The fourth-order valence-electron chi connectivity index (χ4n) is 2.72. The molecule has 0 saturated heterocycles. The lowest BCUT2D eigenvalue weighted by molar-refractivity contribution is 0.0990. The number of ketones is 2. The summed E-state index contributed by atoms with van der Waals surface area (Å²) < 4.78 is 15.9. The summed E-state index contributed by atoms with van der Waals surface area (Å²) in [6.07, 6.45) is 1.53. The van der Waals surface area contributed by atoms with Crippen molar-refractivity contribution in [2.45, 2.75) is 0 Å². The van der Waals surface area contributed by atoms with Crippen LogP contribution < -0.4 is 14.2 Å². The molecule has 0 heterocycles. The predicted molar refractivity (Wildman–Crippen MR) is 89.2 cm³/mol. The first-order valence-corrected chi connectivity index (χ1v) is 7.30. The number of carbonyl (C=O) groups excluding carboxylic acids is 2. The van der Waals surface area contributed by atoms with Gasteiger partial charge in [0, 0.05) is 22.8 Å². The first-order valence-electron chi connectivity index (χ1n) is 7.30. The van der Waals surface area contributed by atoms with Crippen LogP contribution in [-0.2, 0) is 0 Å². The molecule has 1 aliphatic carbocycles. The van der Waals surface area contributed by atoms with Crippen molar-refractivity contribution in [2.24, 2.45) is 0 Å². The molecular weight excluding hydrogens is 308 g/mol. The molecule has 3 rings (SSSR count). The van der Waals surface area contributed by atoms with E-state index in [0.29, 0.717) is 33.9 Å². The highest BCUT2D eigenvalue weighted by molar-refractivity contribution is 6.41. The Hall–Kier alpha value is -3.08. The molecule has 0 fully saturated rings. The second-order valence-corrected chi connectivity index (χ2v) is 5.21. The van der Waals surface area contributed by atoms with Crippen molar-refractivity contribution in [1.82, 2.24) is 0 Å². The van der Waals surface area contributed by atoms with Crippen molar-refractivity contribution in [2.75, 3.05) is 21.3 Å². The first kappa shape index (κ1) is 15.8. The van der Waals surface area contributed by atoms with Gasteiger partial charge in [0.1, 0.15) is 5.75 Å². The molecule has 0 N–H and O–H groups in total. The molecule has 0 bridgehead atoms. The molecule has 2 aromatic rings. The van der Waals surface area contributed by atoms with E-state index in [1.165, 1.54) is 27.4 Å². The second kappa shape index (κ2) is 6.20. The van der Waals surface area contributed by atoms with Crippen molar-refractivity contribution in [1.29, 1.82) is 0 Å². The van der Waals surface area contributed by atoms with Crippen LogP contribution in [0.1, 0.15) is 26.3 Å². The van der Waals surface area contributed by atoms with Crippen LogP contribution >= 0.6 is 0 Å². The van der Waals surface area contributed by atoms with Gasteiger partial charge in [-0.25, -0.2) is 0 Å². The lowest BCUT2D eigenvalue weighted by Crippen LogP contribution is -2.01. The lowest BCUT2D eigenvalue weighted by Gasteiger charge is -2.12. The maximum Gasteiger partial charge on any atom is 0.197 e. The van der Waals surface area contributed by atoms with Gasteiger partial charge in [0.05, 0.1) is 26.9 Å². The summed E-state index contributed by atoms with van der Waals surface area (Å²) in [7, 11) is 4.55. The van der Waals surface area contributed by atoms with Gasteiger partial charge in [0.15, 0.2) is 23.1 Å². The monoisotopic (exact) mass is 324 g/mol. The number of fused-ring (bicyclic) bond motifs is 1. The van der Waals surface area contributed by atoms with Crippen LogP contribution in [0.15, 0.2) is 42.0 Å². The van der Waals surface area contributed by atoms with Crippen molar-refractivity contribution in [3.05, 3.63) is 58.7 Å². The van der Waals surface area contributed by atoms with Gasteiger partial charge in [0.25, 0.3) is 0 Å². The Labute approximate surface area is 139 Å². The van der Waals surface area contributed by atoms with Crippen LogP contribution in [0, 0.1) is 0 Å². The van der Waals surface area contributed by atoms with Gasteiger partial charge in [-0.15, -0.1) is 0 Å². The Kier molecular flexibility index (Phi) is 4.08. The summed E-state index contributed by atoms with van der Waals surface area (Å²) in [5.41, 5.74) is 1.53. The minimum absolute atomic E-state index is 0.113. The van der Waals surface area contributed by atoms with Crippen LogP contribution in [0.5, 0.6) is 17.2 Å². The summed E-state index contributed by atoms with van der Waals surface area (Å²) in [5.74, 6) is 0.904. The Morgan fingerprint density at radius 1 is 0.750 bits per heavy atom. The molecular formula is C19H16O5. The number of allylic oxidation sites excluding steroid dienone is 1. The molecule has 5 heteroatoms. The molecule has 24 heavy (non-hydrogen) atoms. The van der Waals surface area contributed by atoms with Crippen molar-refractivity contribution >= 4 is 17.6 Å². The molecule has 0 aliphatic heterocycles. The van der Waals surface area contributed by atoms with Crippen LogP contribution in [-0.4, -0.2) is 32.9 Å². The molecule has 0 spiro atoms. The zero-order valence-electron chi connectivity index (χ0n) is 13.6. The quantitative estimate of drug-likeness (QED) is 0.638. The van der Waals surface area contributed by atoms with Crippen molar-refractivity contribution in [3.8, 4) is 17.2 Å². The fourth-order valence-corrected chi connectivity index (χ4v) is 2.72. The molecule has 0 radical (unpaired) electrons. The number of Topliss-reactive ketones (excluding diaryl/α,β-unsaturated/α-hetero) is 2. The summed E-state index contributed by atoms with van der Waals surface area (Å²) >= 11 is 0. The normalized spacial score (nSPS) is 12.9. The predicted octanol–water partition coefficient (Wildman–Crippen LogP) is 3.18. The molecule has 0 aromatic heterocycles. The maximum atomic E-state index is 12.5. The third kappa shape index (κ3) is 2.44. The van der Waals surface area contributed by atoms with Gasteiger partial charge in [-0.3, -0.25) is 9.59 Å². The van der Waals surface area contributed by atoms with Crippen LogP contribution in [0.3, 0.4) is 0 Å². The SMILES string of the molecule is COc1cc(OC)c(OC)cc1C=C1C(=O)c2ccccc2C1=O. The van der Waals surface area contributed by atoms with Gasteiger partial charge >= 0.3 is 0 Å². The molecule has 0 saturated carbocycles. The topological polar surface area (TPSA) is 61.8 Å². The molecule has 122 valence electrons. The molecule has 5 nitrogen and oxygen atoms in total. The van der Waals surface area contributed by atoms with Crippen molar-refractivity contribution in [3.63, 3.8) is 0 Å². The smallest absolute Gasteiger partial charge is 0.197 e. The highest BCUT2D eigenvalue weighted by atomic mass is 16.5. The van der Waals surface area contributed by atoms with Crippen LogP contribution in [0.25, 0.3) is 6.08 Å². The number of benzene rings is 2. The van der Waals surface area contributed by atoms with E-state index in [2.05, 4.69) is 0 Å². The summed E-state index contributed by atoms with van der Waals surface area (Å²) in [4.78, 5) is 25.0. The molecule has 0 unspecified atom stereocenters. The standard InChI is InChI=1S/C19H16O5/c1-22-15-10-17(24-3)16(23-2)9-11(15)8-14-18(20)12-6-4-5-7-13(12)19(14)21/h4-10H,1-3H3. The minimum Gasteiger partial charge on any atom is -0.496 e. The van der Waals surface area contributed by atoms with Crippen LogP contribution in [0.2, 0.25) is 0 Å². The van der Waals surface area contributed by atoms with E-state index >= 15 is 0 Å². The number of hydrogen-bond acceptors (Lipinski definition) is 5. The largest absolute Gasteiger partial charge is 0.496 e. The van der Waals surface area contributed by atoms with Gasteiger partial charge in [-0.05, 0) is 12.1 Å².